The van der Waals surface area contributed by atoms with Crippen molar-refractivity contribution < 1.29 is 14.3 Å². The molecule has 3 rings (SSSR count). The second-order valence-electron chi connectivity index (χ2n) is 8.22. The first-order chi connectivity index (χ1) is 15.2. The molecule has 0 radical (unpaired) electrons. The van der Waals surface area contributed by atoms with Gasteiger partial charge in [0.2, 0.25) is 5.91 Å². The van der Waals surface area contributed by atoms with Crippen molar-refractivity contribution in [3.8, 4) is 5.75 Å². The van der Waals surface area contributed by atoms with E-state index in [-0.39, 0.29) is 17.7 Å². The Hall–Kier alpha value is -3.67. The van der Waals surface area contributed by atoms with Gasteiger partial charge in [0, 0.05) is 40.8 Å². The van der Waals surface area contributed by atoms with Crippen LogP contribution in [-0.4, -0.2) is 16.8 Å². The smallest absolute Gasteiger partial charge is 0.255 e. The summed E-state index contributed by atoms with van der Waals surface area (Å²) < 4.78 is 5.99. The SMILES string of the molecule is Cc1ccc(NC(=O)C(C)C)cc1NC(=O)c1cc(C)c(OCc2cccnc2)c(C)c1. The molecule has 0 aliphatic carbocycles. The minimum absolute atomic E-state index is 0.0701. The molecule has 0 fully saturated rings. The monoisotopic (exact) mass is 431 g/mol. The highest BCUT2D eigenvalue weighted by atomic mass is 16.5. The Labute approximate surface area is 189 Å². The van der Waals surface area contributed by atoms with Gasteiger partial charge in [-0.2, -0.15) is 0 Å². The maximum Gasteiger partial charge on any atom is 0.255 e. The Balaban J connectivity index is 1.74. The van der Waals surface area contributed by atoms with Gasteiger partial charge in [0.1, 0.15) is 12.4 Å². The molecule has 0 atom stereocenters. The molecule has 6 heteroatoms. The minimum Gasteiger partial charge on any atom is -0.488 e. The summed E-state index contributed by atoms with van der Waals surface area (Å²) in [7, 11) is 0. The first kappa shape index (κ1) is 23.0. The van der Waals surface area contributed by atoms with Gasteiger partial charge in [0.05, 0.1) is 0 Å². The van der Waals surface area contributed by atoms with Crippen LogP contribution in [0.2, 0.25) is 0 Å². The molecule has 2 aromatic carbocycles. The third-order valence-electron chi connectivity index (χ3n) is 5.11. The highest BCUT2D eigenvalue weighted by Gasteiger charge is 2.14. The first-order valence-electron chi connectivity index (χ1n) is 10.6. The number of ether oxygens (including phenoxy) is 1. The van der Waals surface area contributed by atoms with E-state index in [1.54, 1.807) is 18.5 Å². The van der Waals surface area contributed by atoms with E-state index < -0.39 is 0 Å². The standard InChI is InChI=1S/C26H29N3O3/c1-16(2)25(30)28-22-9-8-17(3)23(13-22)29-26(31)21-11-18(4)24(19(5)12-21)32-15-20-7-6-10-27-14-20/h6-14,16H,15H2,1-5H3,(H,28,30)(H,29,31). The van der Waals surface area contributed by atoms with Crippen LogP contribution in [0.3, 0.4) is 0 Å². The van der Waals surface area contributed by atoms with E-state index in [4.69, 9.17) is 4.74 Å². The number of nitrogens with zero attached hydrogens (tertiary/aromatic N) is 1. The summed E-state index contributed by atoms with van der Waals surface area (Å²) in [4.78, 5) is 29.0. The number of hydrogen-bond acceptors (Lipinski definition) is 4. The molecule has 3 aromatic rings. The lowest BCUT2D eigenvalue weighted by atomic mass is 10.0. The van der Waals surface area contributed by atoms with Gasteiger partial charge in [-0.05, 0) is 67.8 Å². The van der Waals surface area contributed by atoms with Gasteiger partial charge < -0.3 is 15.4 Å². The van der Waals surface area contributed by atoms with Crippen molar-refractivity contribution in [3.63, 3.8) is 0 Å². The Kier molecular flexibility index (Phi) is 7.25. The molecule has 0 saturated carbocycles. The fraction of sp³-hybridized carbons (Fsp3) is 0.269. The zero-order chi connectivity index (χ0) is 23.3. The van der Waals surface area contributed by atoms with Crippen LogP contribution in [-0.2, 0) is 11.4 Å². The molecule has 0 aliphatic rings. The van der Waals surface area contributed by atoms with Crippen molar-refractivity contribution in [3.05, 3.63) is 82.7 Å². The van der Waals surface area contributed by atoms with Crippen molar-refractivity contribution in [2.45, 2.75) is 41.2 Å². The average Bonchev–Trinajstić information content (AvgIpc) is 2.76. The van der Waals surface area contributed by atoms with E-state index in [1.165, 1.54) is 0 Å². The van der Waals surface area contributed by atoms with Crippen LogP contribution in [0, 0.1) is 26.7 Å². The van der Waals surface area contributed by atoms with Crippen LogP contribution in [0.4, 0.5) is 11.4 Å². The van der Waals surface area contributed by atoms with Gasteiger partial charge in [-0.1, -0.05) is 26.0 Å². The van der Waals surface area contributed by atoms with E-state index >= 15 is 0 Å². The number of carbonyl (C=O) groups is 2. The molecule has 2 N–H and O–H groups in total. The predicted octanol–water partition coefficient (Wildman–Crippen LogP) is 5.43. The minimum atomic E-state index is -0.217. The van der Waals surface area contributed by atoms with Crippen LogP contribution in [0.15, 0.2) is 54.9 Å². The number of nitrogens with one attached hydrogen (secondary N) is 2. The van der Waals surface area contributed by atoms with Gasteiger partial charge >= 0.3 is 0 Å². The zero-order valence-electron chi connectivity index (χ0n) is 19.2. The lowest BCUT2D eigenvalue weighted by molar-refractivity contribution is -0.118. The second-order valence-corrected chi connectivity index (χ2v) is 8.22. The van der Waals surface area contributed by atoms with E-state index in [0.717, 1.165) is 28.0 Å². The number of aromatic nitrogens is 1. The van der Waals surface area contributed by atoms with Crippen LogP contribution in [0.1, 0.15) is 46.5 Å². The number of rotatable bonds is 7. The van der Waals surface area contributed by atoms with Crippen molar-refractivity contribution in [2.24, 2.45) is 5.92 Å². The number of hydrogen-bond donors (Lipinski definition) is 2. The van der Waals surface area contributed by atoms with E-state index in [2.05, 4.69) is 15.6 Å². The Morgan fingerprint density at radius 3 is 2.31 bits per heavy atom. The van der Waals surface area contributed by atoms with Crippen molar-refractivity contribution in [1.29, 1.82) is 0 Å². The van der Waals surface area contributed by atoms with E-state index in [9.17, 15) is 9.59 Å². The van der Waals surface area contributed by atoms with Crippen LogP contribution < -0.4 is 15.4 Å². The summed E-state index contributed by atoms with van der Waals surface area (Å²) in [6, 6.07) is 12.9. The van der Waals surface area contributed by atoms with Crippen molar-refractivity contribution >= 4 is 23.2 Å². The lowest BCUT2D eigenvalue weighted by Gasteiger charge is -2.15. The molecule has 6 nitrogen and oxygen atoms in total. The normalized spacial score (nSPS) is 10.7. The van der Waals surface area contributed by atoms with Gasteiger partial charge in [0.15, 0.2) is 0 Å². The number of aryl methyl sites for hydroxylation is 3. The predicted molar refractivity (Wildman–Crippen MR) is 127 cm³/mol. The molecule has 0 bridgehead atoms. The lowest BCUT2D eigenvalue weighted by Crippen LogP contribution is -2.18. The number of anilines is 2. The quantitative estimate of drug-likeness (QED) is 0.522. The summed E-state index contributed by atoms with van der Waals surface area (Å²) in [5.74, 6) is 0.351. The zero-order valence-corrected chi connectivity index (χ0v) is 19.2. The Bertz CT molecular complexity index is 1100. The fourth-order valence-electron chi connectivity index (χ4n) is 3.26. The maximum atomic E-state index is 13.0. The average molecular weight is 432 g/mol. The molecule has 0 spiro atoms. The van der Waals surface area contributed by atoms with Gasteiger partial charge in [-0.15, -0.1) is 0 Å². The highest BCUT2D eigenvalue weighted by Crippen LogP contribution is 2.27. The van der Waals surface area contributed by atoms with Gasteiger partial charge in [-0.25, -0.2) is 0 Å². The molecular formula is C26H29N3O3. The van der Waals surface area contributed by atoms with Gasteiger partial charge in [0.25, 0.3) is 5.91 Å². The van der Waals surface area contributed by atoms with Crippen molar-refractivity contribution in [2.75, 3.05) is 10.6 Å². The molecule has 166 valence electrons. The van der Waals surface area contributed by atoms with Crippen LogP contribution in [0.5, 0.6) is 5.75 Å². The number of carbonyl (C=O) groups excluding carboxylic acids is 2. The number of pyridine rings is 1. The Morgan fingerprint density at radius 1 is 0.969 bits per heavy atom. The largest absolute Gasteiger partial charge is 0.488 e. The summed E-state index contributed by atoms with van der Waals surface area (Å²) in [5.41, 5.74) is 5.51. The van der Waals surface area contributed by atoms with E-state index in [1.807, 2.05) is 71.0 Å². The first-order valence-corrected chi connectivity index (χ1v) is 10.6. The Morgan fingerprint density at radius 2 is 1.69 bits per heavy atom. The maximum absolute atomic E-state index is 13.0. The molecule has 1 aromatic heterocycles. The van der Waals surface area contributed by atoms with Gasteiger partial charge in [-0.3, -0.25) is 14.6 Å². The molecule has 32 heavy (non-hydrogen) atoms. The fourth-order valence-corrected chi connectivity index (χ4v) is 3.26. The third kappa shape index (κ3) is 5.72. The van der Waals surface area contributed by atoms with Crippen LogP contribution >= 0.6 is 0 Å². The summed E-state index contributed by atoms with van der Waals surface area (Å²) >= 11 is 0. The molecule has 0 saturated heterocycles. The van der Waals surface area contributed by atoms with Crippen molar-refractivity contribution in [1.82, 2.24) is 4.98 Å². The molecule has 1 heterocycles. The molecule has 0 unspecified atom stereocenters. The van der Waals surface area contributed by atoms with E-state index in [0.29, 0.717) is 23.5 Å². The summed E-state index contributed by atoms with van der Waals surface area (Å²) in [5, 5.41) is 5.83. The molecule has 0 aliphatic heterocycles. The molecular weight excluding hydrogens is 402 g/mol. The third-order valence-corrected chi connectivity index (χ3v) is 5.11. The topological polar surface area (TPSA) is 80.3 Å². The molecule has 2 amide bonds. The van der Waals surface area contributed by atoms with Crippen LogP contribution in [0.25, 0.3) is 0 Å². The number of benzene rings is 2. The second kappa shape index (κ2) is 10.1. The summed E-state index contributed by atoms with van der Waals surface area (Å²) in [6.07, 6.45) is 3.50. The highest BCUT2D eigenvalue weighted by molar-refractivity contribution is 6.05. The summed E-state index contributed by atoms with van der Waals surface area (Å²) in [6.45, 7) is 9.85. The number of amides is 2.